The molecule has 0 radical (unpaired) electrons. The average Bonchev–Trinajstić information content (AvgIpc) is 3.00. The van der Waals surface area contributed by atoms with Gasteiger partial charge in [0.05, 0.1) is 10.9 Å². The standard InChI is InChI=1S/C10H10N2O4S3/c1-6(9-11-2-3-17-9)12-19(15,16)7-4-8(10(13)14)18-5-7/h2-6,12H,1H3,(H,13,14). The summed E-state index contributed by atoms with van der Waals surface area (Å²) in [5.41, 5.74) is 0. The molecule has 0 aromatic carbocycles. The zero-order valence-electron chi connectivity index (χ0n) is 9.73. The minimum absolute atomic E-state index is 0.0118. The van der Waals surface area contributed by atoms with Gasteiger partial charge in [0.25, 0.3) is 0 Å². The van der Waals surface area contributed by atoms with E-state index >= 15 is 0 Å². The van der Waals surface area contributed by atoms with Gasteiger partial charge in [-0.1, -0.05) is 0 Å². The minimum atomic E-state index is -3.73. The second kappa shape index (κ2) is 5.37. The van der Waals surface area contributed by atoms with E-state index < -0.39 is 22.0 Å². The Labute approximate surface area is 117 Å². The first-order valence-corrected chi connectivity index (χ1v) is 8.38. The smallest absolute Gasteiger partial charge is 0.345 e. The van der Waals surface area contributed by atoms with Crippen LogP contribution in [-0.2, 0) is 10.0 Å². The molecule has 0 aliphatic carbocycles. The number of hydrogen-bond donors (Lipinski definition) is 2. The molecule has 102 valence electrons. The van der Waals surface area contributed by atoms with E-state index in [1.54, 1.807) is 18.5 Å². The number of carbonyl (C=O) groups is 1. The van der Waals surface area contributed by atoms with Crippen molar-refractivity contribution in [3.63, 3.8) is 0 Å². The highest BCUT2D eigenvalue weighted by Crippen LogP contribution is 2.22. The first-order chi connectivity index (χ1) is 8.90. The van der Waals surface area contributed by atoms with Gasteiger partial charge in [-0.2, -0.15) is 0 Å². The molecule has 6 nitrogen and oxygen atoms in total. The van der Waals surface area contributed by atoms with Crippen LogP contribution in [0.4, 0.5) is 0 Å². The number of sulfonamides is 1. The fourth-order valence-corrected chi connectivity index (χ4v) is 4.41. The van der Waals surface area contributed by atoms with E-state index in [-0.39, 0.29) is 9.77 Å². The van der Waals surface area contributed by atoms with E-state index in [2.05, 4.69) is 9.71 Å². The van der Waals surface area contributed by atoms with Crippen LogP contribution in [0.5, 0.6) is 0 Å². The lowest BCUT2D eigenvalue weighted by Crippen LogP contribution is -2.26. The number of carboxylic acid groups (broad SMARTS) is 1. The van der Waals surface area contributed by atoms with E-state index in [0.717, 1.165) is 17.4 Å². The Balaban J connectivity index is 2.20. The third-order valence-corrected chi connectivity index (χ3v) is 5.80. The summed E-state index contributed by atoms with van der Waals surface area (Å²) in [5.74, 6) is -1.14. The Morgan fingerprint density at radius 1 is 1.47 bits per heavy atom. The third kappa shape index (κ3) is 3.18. The molecular weight excluding hydrogens is 308 g/mol. The average molecular weight is 318 g/mol. The van der Waals surface area contributed by atoms with Crippen LogP contribution in [0.1, 0.15) is 27.6 Å². The zero-order valence-corrected chi connectivity index (χ0v) is 12.2. The van der Waals surface area contributed by atoms with Gasteiger partial charge in [-0.05, 0) is 13.0 Å². The Morgan fingerprint density at radius 3 is 2.74 bits per heavy atom. The SMILES string of the molecule is CC(NS(=O)(=O)c1csc(C(=O)O)c1)c1nccs1. The molecular formula is C10H10N2O4S3. The normalized spacial score (nSPS) is 13.3. The molecule has 0 aliphatic heterocycles. The molecule has 2 rings (SSSR count). The van der Waals surface area contributed by atoms with Crippen LogP contribution >= 0.6 is 22.7 Å². The molecule has 2 N–H and O–H groups in total. The van der Waals surface area contributed by atoms with Gasteiger partial charge in [0.1, 0.15) is 9.88 Å². The van der Waals surface area contributed by atoms with Crippen LogP contribution in [0.3, 0.4) is 0 Å². The lowest BCUT2D eigenvalue weighted by molar-refractivity contribution is 0.0702. The molecule has 19 heavy (non-hydrogen) atoms. The highest BCUT2D eigenvalue weighted by Gasteiger charge is 2.22. The maximum atomic E-state index is 12.1. The number of rotatable bonds is 5. The number of aromatic nitrogens is 1. The van der Waals surface area contributed by atoms with Crippen molar-refractivity contribution in [2.24, 2.45) is 0 Å². The van der Waals surface area contributed by atoms with E-state index in [1.165, 1.54) is 16.7 Å². The molecule has 2 heterocycles. The second-order valence-electron chi connectivity index (χ2n) is 3.67. The lowest BCUT2D eigenvalue weighted by Gasteiger charge is -2.10. The molecule has 0 saturated carbocycles. The summed E-state index contributed by atoms with van der Waals surface area (Å²) in [4.78, 5) is 14.7. The molecule has 1 unspecified atom stereocenters. The van der Waals surface area contributed by atoms with E-state index in [1.807, 2.05) is 0 Å². The van der Waals surface area contributed by atoms with Gasteiger partial charge in [0, 0.05) is 17.0 Å². The van der Waals surface area contributed by atoms with Gasteiger partial charge in [0.15, 0.2) is 0 Å². The number of hydrogen-bond acceptors (Lipinski definition) is 6. The first kappa shape index (κ1) is 14.1. The molecule has 0 bridgehead atoms. The van der Waals surface area contributed by atoms with Gasteiger partial charge in [-0.25, -0.2) is 22.9 Å². The van der Waals surface area contributed by atoms with Crippen molar-refractivity contribution >= 4 is 38.7 Å². The highest BCUT2D eigenvalue weighted by atomic mass is 32.2. The number of aromatic carboxylic acids is 1. The first-order valence-electron chi connectivity index (χ1n) is 5.13. The Morgan fingerprint density at radius 2 is 2.21 bits per heavy atom. The number of nitrogens with one attached hydrogen (secondary N) is 1. The largest absolute Gasteiger partial charge is 0.477 e. The van der Waals surface area contributed by atoms with Crippen molar-refractivity contribution < 1.29 is 18.3 Å². The van der Waals surface area contributed by atoms with Crippen molar-refractivity contribution in [2.45, 2.75) is 17.9 Å². The van der Waals surface area contributed by atoms with Crippen molar-refractivity contribution in [3.8, 4) is 0 Å². The van der Waals surface area contributed by atoms with Crippen LogP contribution in [0, 0.1) is 0 Å². The van der Waals surface area contributed by atoms with Crippen LogP contribution in [0.2, 0.25) is 0 Å². The minimum Gasteiger partial charge on any atom is -0.477 e. The fourth-order valence-electron chi connectivity index (χ4n) is 1.37. The summed E-state index contributed by atoms with van der Waals surface area (Å²) < 4.78 is 26.6. The van der Waals surface area contributed by atoms with Crippen molar-refractivity contribution in [1.29, 1.82) is 0 Å². The molecule has 2 aromatic heterocycles. The maximum Gasteiger partial charge on any atom is 0.345 e. The van der Waals surface area contributed by atoms with E-state index in [4.69, 9.17) is 5.11 Å². The van der Waals surface area contributed by atoms with Gasteiger partial charge < -0.3 is 5.11 Å². The Hall–Kier alpha value is -1.29. The predicted octanol–water partition coefficient (Wildman–Crippen LogP) is 1.94. The van der Waals surface area contributed by atoms with Crippen molar-refractivity contribution in [1.82, 2.24) is 9.71 Å². The van der Waals surface area contributed by atoms with Gasteiger partial charge in [0.2, 0.25) is 10.0 Å². The van der Waals surface area contributed by atoms with Gasteiger partial charge >= 0.3 is 5.97 Å². The second-order valence-corrected chi connectivity index (χ2v) is 7.22. The maximum absolute atomic E-state index is 12.1. The molecule has 9 heteroatoms. The van der Waals surface area contributed by atoms with Crippen molar-refractivity contribution in [3.05, 3.63) is 32.9 Å². The summed E-state index contributed by atoms with van der Waals surface area (Å²) in [6.07, 6.45) is 1.60. The topological polar surface area (TPSA) is 96.4 Å². The molecule has 1 atom stereocenters. The summed E-state index contributed by atoms with van der Waals surface area (Å²) >= 11 is 2.22. The van der Waals surface area contributed by atoms with Crippen LogP contribution in [0.15, 0.2) is 27.9 Å². The van der Waals surface area contributed by atoms with E-state index in [0.29, 0.717) is 5.01 Å². The number of nitrogens with zero attached hydrogens (tertiary/aromatic N) is 1. The van der Waals surface area contributed by atoms with Gasteiger partial charge in [-0.15, -0.1) is 22.7 Å². The molecule has 0 fully saturated rings. The van der Waals surface area contributed by atoms with Crippen molar-refractivity contribution in [2.75, 3.05) is 0 Å². The zero-order chi connectivity index (χ0) is 14.0. The number of thiophene rings is 1. The highest BCUT2D eigenvalue weighted by molar-refractivity contribution is 7.89. The molecule has 0 amide bonds. The Bertz CT molecular complexity index is 675. The summed E-state index contributed by atoms with van der Waals surface area (Å²) in [7, 11) is -3.73. The molecule has 0 spiro atoms. The molecule has 0 saturated heterocycles. The predicted molar refractivity (Wildman–Crippen MR) is 72.1 cm³/mol. The summed E-state index contributed by atoms with van der Waals surface area (Å²) in [6.45, 7) is 1.68. The molecule has 0 aliphatic rings. The summed E-state index contributed by atoms with van der Waals surface area (Å²) in [5, 5.41) is 12.5. The van der Waals surface area contributed by atoms with Gasteiger partial charge in [-0.3, -0.25) is 0 Å². The quantitative estimate of drug-likeness (QED) is 0.878. The van der Waals surface area contributed by atoms with Crippen LogP contribution in [-0.4, -0.2) is 24.5 Å². The third-order valence-electron chi connectivity index (χ3n) is 2.25. The van der Waals surface area contributed by atoms with Crippen LogP contribution < -0.4 is 4.72 Å². The molecule has 2 aromatic rings. The lowest BCUT2D eigenvalue weighted by atomic mass is 10.4. The fraction of sp³-hybridized carbons (Fsp3) is 0.200. The Kier molecular flexibility index (Phi) is 3.99. The van der Waals surface area contributed by atoms with E-state index in [9.17, 15) is 13.2 Å². The summed E-state index contributed by atoms with van der Waals surface area (Å²) in [6, 6.07) is 0.683. The monoisotopic (exact) mass is 318 g/mol. The number of carboxylic acids is 1. The number of thiazole rings is 1. The van der Waals surface area contributed by atoms with Crippen LogP contribution in [0.25, 0.3) is 0 Å².